The third-order valence-electron chi connectivity index (χ3n) is 4.62. The van der Waals surface area contributed by atoms with Crippen molar-refractivity contribution in [3.8, 4) is 0 Å². The summed E-state index contributed by atoms with van der Waals surface area (Å²) < 4.78 is 6.70. The summed E-state index contributed by atoms with van der Waals surface area (Å²) in [5, 5.41) is 2.99. The quantitative estimate of drug-likeness (QED) is 0.535. The minimum Gasteiger partial charge on any atom is -0.451 e. The number of carbonyl (C=O) groups is 1. The van der Waals surface area contributed by atoms with Gasteiger partial charge in [0.05, 0.1) is 10.8 Å². The number of aromatic nitrogens is 2. The van der Waals surface area contributed by atoms with Gasteiger partial charge >= 0.3 is 5.97 Å². The van der Waals surface area contributed by atoms with E-state index >= 15 is 0 Å². The van der Waals surface area contributed by atoms with Crippen LogP contribution in [0.4, 0.5) is 0 Å². The fraction of sp³-hybridized carbons (Fsp3) is 0.0870. The topological polar surface area (TPSA) is 81.2 Å². The van der Waals surface area contributed by atoms with Crippen LogP contribution in [0, 0.1) is 0 Å². The van der Waals surface area contributed by atoms with Gasteiger partial charge in [-0.15, -0.1) is 0 Å². The van der Waals surface area contributed by atoms with E-state index in [-0.39, 0.29) is 10.8 Å². The number of ether oxygens (including phenoxy) is 1. The number of esters is 1. The van der Waals surface area contributed by atoms with Gasteiger partial charge in [0, 0.05) is 0 Å². The van der Waals surface area contributed by atoms with Crippen LogP contribution in [0.25, 0.3) is 10.8 Å². The Morgan fingerprint density at radius 1 is 0.793 bits per heavy atom. The largest absolute Gasteiger partial charge is 0.451 e. The van der Waals surface area contributed by atoms with Crippen molar-refractivity contribution in [2.24, 2.45) is 0 Å². The summed E-state index contributed by atoms with van der Waals surface area (Å²) in [7, 11) is 0. The van der Waals surface area contributed by atoms with E-state index in [4.69, 9.17) is 4.74 Å². The molecule has 0 spiro atoms. The molecular formula is C23H18N2O4. The predicted molar refractivity (Wildman–Crippen MR) is 110 cm³/mol. The average molecular weight is 386 g/mol. The second-order valence-electron chi connectivity index (χ2n) is 6.57. The number of hydrogen-bond donors (Lipinski definition) is 1. The van der Waals surface area contributed by atoms with Gasteiger partial charge in [-0.25, -0.2) is 4.68 Å². The molecule has 29 heavy (non-hydrogen) atoms. The van der Waals surface area contributed by atoms with Gasteiger partial charge in [-0.05, 0) is 23.3 Å². The first kappa shape index (κ1) is 18.4. The summed E-state index contributed by atoms with van der Waals surface area (Å²) in [4.78, 5) is 37.5. The van der Waals surface area contributed by atoms with Crippen molar-refractivity contribution in [1.29, 1.82) is 0 Å². The molecular weight excluding hydrogens is 368 g/mol. The molecule has 0 unspecified atom stereocenters. The Morgan fingerprint density at radius 3 is 1.90 bits per heavy atom. The van der Waals surface area contributed by atoms with Crippen molar-refractivity contribution in [1.82, 2.24) is 9.78 Å². The zero-order valence-electron chi connectivity index (χ0n) is 15.4. The third kappa shape index (κ3) is 3.87. The monoisotopic (exact) mass is 386 g/mol. The summed E-state index contributed by atoms with van der Waals surface area (Å²) in [5.41, 5.74) is 0.738. The molecule has 144 valence electrons. The summed E-state index contributed by atoms with van der Waals surface area (Å²) >= 11 is 0. The van der Waals surface area contributed by atoms with Crippen LogP contribution in [-0.4, -0.2) is 15.7 Å². The van der Waals surface area contributed by atoms with Crippen LogP contribution < -0.4 is 11.1 Å². The highest BCUT2D eigenvalue weighted by Gasteiger charge is 2.20. The highest BCUT2D eigenvalue weighted by atomic mass is 16.5. The van der Waals surface area contributed by atoms with E-state index in [0.717, 1.165) is 15.8 Å². The van der Waals surface area contributed by atoms with E-state index in [0.29, 0.717) is 0 Å². The van der Waals surface area contributed by atoms with Gasteiger partial charge in [-0.1, -0.05) is 72.8 Å². The lowest BCUT2D eigenvalue weighted by molar-refractivity contribution is -0.148. The van der Waals surface area contributed by atoms with E-state index in [1.807, 2.05) is 60.7 Å². The molecule has 0 amide bonds. The Kier molecular flexibility index (Phi) is 5.07. The Balaban J connectivity index is 1.64. The second kappa shape index (κ2) is 7.98. The Morgan fingerprint density at radius 2 is 1.31 bits per heavy atom. The van der Waals surface area contributed by atoms with E-state index in [2.05, 4.69) is 5.10 Å². The van der Waals surface area contributed by atoms with Gasteiger partial charge in [0.25, 0.3) is 11.1 Å². The molecule has 0 aliphatic carbocycles. The molecule has 6 nitrogen and oxygen atoms in total. The van der Waals surface area contributed by atoms with Crippen LogP contribution >= 0.6 is 0 Å². The lowest BCUT2D eigenvalue weighted by Gasteiger charge is -2.19. The number of carbonyl (C=O) groups excluding carboxylic acids is 1. The zero-order chi connectivity index (χ0) is 20.2. The van der Waals surface area contributed by atoms with Crippen LogP contribution in [0.3, 0.4) is 0 Å². The van der Waals surface area contributed by atoms with Crippen molar-refractivity contribution in [2.45, 2.75) is 12.6 Å². The van der Waals surface area contributed by atoms with Crippen LogP contribution in [0.2, 0.25) is 0 Å². The lowest BCUT2D eigenvalue weighted by Crippen LogP contribution is -2.33. The second-order valence-corrected chi connectivity index (χ2v) is 6.57. The Hall–Kier alpha value is -3.93. The molecule has 0 aliphatic heterocycles. The van der Waals surface area contributed by atoms with E-state index in [1.54, 1.807) is 24.3 Å². The van der Waals surface area contributed by atoms with Crippen molar-refractivity contribution in [3.05, 3.63) is 117 Å². The molecule has 0 saturated heterocycles. The van der Waals surface area contributed by atoms with Crippen molar-refractivity contribution in [3.63, 3.8) is 0 Å². The number of hydrogen-bond acceptors (Lipinski definition) is 4. The first-order chi connectivity index (χ1) is 14.1. The molecule has 3 aromatic carbocycles. The van der Waals surface area contributed by atoms with Crippen LogP contribution in [0.15, 0.2) is 94.5 Å². The predicted octanol–water partition coefficient (Wildman–Crippen LogP) is 3.02. The van der Waals surface area contributed by atoms with Crippen LogP contribution in [0.1, 0.15) is 17.2 Å². The maximum Gasteiger partial charge on any atom is 0.328 e. The summed E-state index contributed by atoms with van der Waals surface area (Å²) in [6.45, 7) is -0.394. The lowest BCUT2D eigenvalue weighted by atomic mass is 10.0. The van der Waals surface area contributed by atoms with Gasteiger partial charge in [-0.3, -0.25) is 19.5 Å². The van der Waals surface area contributed by atoms with Crippen molar-refractivity contribution in [2.75, 3.05) is 0 Å². The van der Waals surface area contributed by atoms with Gasteiger partial charge < -0.3 is 4.74 Å². The molecule has 6 heteroatoms. The maximum atomic E-state index is 12.7. The number of benzene rings is 3. The minimum atomic E-state index is -0.629. The number of nitrogens with one attached hydrogen (secondary N) is 1. The number of nitrogens with zero attached hydrogens (tertiary/aromatic N) is 1. The molecule has 0 bridgehead atoms. The minimum absolute atomic E-state index is 0.256. The van der Waals surface area contributed by atoms with Crippen molar-refractivity contribution >= 4 is 16.7 Å². The van der Waals surface area contributed by atoms with E-state index in [1.165, 1.54) is 0 Å². The number of H-pyrrole nitrogens is 1. The van der Waals surface area contributed by atoms with Gasteiger partial charge in [-0.2, -0.15) is 0 Å². The molecule has 0 aliphatic rings. The fourth-order valence-electron chi connectivity index (χ4n) is 3.24. The Labute approximate surface area is 166 Å². The third-order valence-corrected chi connectivity index (χ3v) is 4.62. The molecule has 1 aromatic heterocycles. The standard InChI is InChI=1S/C23H18N2O4/c26-20(15-25-23(28)19-14-8-7-13-18(19)22(27)24-25)29-21(16-9-3-1-4-10-16)17-11-5-2-6-12-17/h1-14,21H,15H2,(H,24,27). The van der Waals surface area contributed by atoms with Gasteiger partial charge in [0.1, 0.15) is 6.54 Å². The highest BCUT2D eigenvalue weighted by molar-refractivity contribution is 5.80. The van der Waals surface area contributed by atoms with Crippen LogP contribution in [-0.2, 0) is 16.1 Å². The molecule has 0 atom stereocenters. The smallest absolute Gasteiger partial charge is 0.328 e. The molecule has 4 aromatic rings. The molecule has 0 saturated carbocycles. The van der Waals surface area contributed by atoms with E-state index in [9.17, 15) is 14.4 Å². The van der Waals surface area contributed by atoms with E-state index < -0.39 is 29.7 Å². The highest BCUT2D eigenvalue weighted by Crippen LogP contribution is 2.26. The first-order valence-electron chi connectivity index (χ1n) is 9.15. The van der Waals surface area contributed by atoms with Gasteiger partial charge in [0.15, 0.2) is 6.10 Å². The SMILES string of the molecule is O=C(Cn1[nH]c(=O)c2ccccc2c1=O)OC(c1ccccc1)c1ccccc1. The summed E-state index contributed by atoms with van der Waals surface area (Å²) in [6, 6.07) is 25.2. The molecule has 1 N–H and O–H groups in total. The molecule has 0 radical (unpaired) electrons. The fourth-order valence-corrected chi connectivity index (χ4v) is 3.24. The zero-order valence-corrected chi connectivity index (χ0v) is 15.4. The molecule has 4 rings (SSSR count). The number of fused-ring (bicyclic) bond motifs is 1. The summed E-state index contributed by atoms with van der Waals surface area (Å²) in [5.74, 6) is -0.629. The average Bonchev–Trinajstić information content (AvgIpc) is 2.77. The molecule has 0 fully saturated rings. The number of rotatable bonds is 5. The summed E-state index contributed by atoms with van der Waals surface area (Å²) in [6.07, 6.45) is -0.618. The maximum absolute atomic E-state index is 12.7. The van der Waals surface area contributed by atoms with Gasteiger partial charge in [0.2, 0.25) is 0 Å². The van der Waals surface area contributed by atoms with Crippen molar-refractivity contribution < 1.29 is 9.53 Å². The Bertz CT molecular complexity index is 1220. The molecule has 1 heterocycles. The van der Waals surface area contributed by atoms with Crippen LogP contribution in [0.5, 0.6) is 0 Å². The first-order valence-corrected chi connectivity index (χ1v) is 9.15. The number of aromatic amines is 1. The normalized spacial score (nSPS) is 10.9.